The molecule has 1 saturated heterocycles. The summed E-state index contributed by atoms with van der Waals surface area (Å²) in [6, 6.07) is 0. The normalized spacial score (nSPS) is 54.8. The van der Waals surface area contributed by atoms with E-state index in [0.717, 1.165) is 44.1 Å². The summed E-state index contributed by atoms with van der Waals surface area (Å²) in [5.41, 5.74) is -0.591. The third kappa shape index (κ3) is 3.67. The van der Waals surface area contributed by atoms with Crippen molar-refractivity contribution in [2.24, 2.45) is 34.5 Å². The lowest BCUT2D eigenvalue weighted by Gasteiger charge is -2.65. The molecule has 7 nitrogen and oxygen atoms in total. The quantitative estimate of drug-likeness (QED) is 0.399. The van der Waals surface area contributed by atoms with Crippen LogP contribution >= 0.6 is 0 Å². The molecule has 7 heteroatoms. The maximum Gasteiger partial charge on any atom is 0.331 e. The van der Waals surface area contributed by atoms with Crippen molar-refractivity contribution in [3.05, 3.63) is 11.6 Å². The zero-order chi connectivity index (χ0) is 25.5. The van der Waals surface area contributed by atoms with E-state index in [1.165, 1.54) is 0 Å². The molecule has 5 fully saturated rings. The maximum absolute atomic E-state index is 12.4. The Morgan fingerprint density at radius 2 is 1.81 bits per heavy atom. The fourth-order valence-corrected chi connectivity index (χ4v) is 9.85. The molecule has 0 amide bonds. The van der Waals surface area contributed by atoms with Crippen LogP contribution in [0.1, 0.15) is 85.0 Å². The van der Waals surface area contributed by atoms with Crippen LogP contribution in [0.2, 0.25) is 0 Å². The van der Waals surface area contributed by atoms with Gasteiger partial charge in [-0.25, -0.2) is 4.79 Å². The van der Waals surface area contributed by atoms with Gasteiger partial charge in [-0.1, -0.05) is 13.8 Å². The topological polar surface area (TPSA) is 105 Å². The van der Waals surface area contributed by atoms with Crippen LogP contribution < -0.4 is 0 Å². The Balaban J connectivity index is 1.20. The summed E-state index contributed by atoms with van der Waals surface area (Å²) in [6.45, 7) is 6.74. The van der Waals surface area contributed by atoms with E-state index >= 15 is 0 Å². The molecule has 12 atom stereocenters. The summed E-state index contributed by atoms with van der Waals surface area (Å²) < 4.78 is 17.6. The van der Waals surface area contributed by atoms with Crippen LogP contribution in [0.15, 0.2) is 11.6 Å². The number of hydrogen-bond donors (Lipinski definition) is 3. The molecule has 36 heavy (non-hydrogen) atoms. The summed E-state index contributed by atoms with van der Waals surface area (Å²) in [5, 5.41) is 34.2. The highest BCUT2D eigenvalue weighted by Gasteiger charge is 2.70. The number of aliphatic hydroxyl groups excluding tert-OH is 2. The van der Waals surface area contributed by atoms with Crippen LogP contribution in [0.25, 0.3) is 0 Å². The molecule has 6 rings (SSSR count). The predicted octanol–water partition coefficient (Wildman–Crippen LogP) is 3.49. The molecule has 6 aliphatic rings. The molecule has 4 aliphatic carbocycles. The Morgan fingerprint density at radius 1 is 1.00 bits per heavy atom. The second-order valence-corrected chi connectivity index (χ2v) is 13.4. The van der Waals surface area contributed by atoms with Gasteiger partial charge in [-0.05, 0) is 99.4 Å². The zero-order valence-corrected chi connectivity index (χ0v) is 22.0. The van der Waals surface area contributed by atoms with Crippen molar-refractivity contribution in [1.82, 2.24) is 0 Å². The molecule has 2 unspecified atom stereocenters. The molecular formula is C29H44O7. The Kier molecular flexibility index (Phi) is 6.16. The smallest absolute Gasteiger partial charge is 0.331 e. The van der Waals surface area contributed by atoms with E-state index in [-0.39, 0.29) is 60.3 Å². The Morgan fingerprint density at radius 3 is 2.53 bits per heavy atom. The van der Waals surface area contributed by atoms with Crippen LogP contribution in [0.4, 0.5) is 0 Å². The molecule has 2 heterocycles. The predicted molar refractivity (Wildman–Crippen MR) is 132 cm³/mol. The van der Waals surface area contributed by atoms with E-state index in [4.69, 9.17) is 14.2 Å². The first-order chi connectivity index (χ1) is 17.0. The molecule has 0 bridgehead atoms. The first kappa shape index (κ1) is 25.3. The number of cyclic esters (lactones) is 1. The van der Waals surface area contributed by atoms with Gasteiger partial charge in [-0.3, -0.25) is 0 Å². The molecule has 0 aromatic rings. The SMILES string of the molecule is C[C@@H]1C[C@@H](O)CC(O[C@H]2CC[C@]3(C)C4C[C@@H](O)[C@]5(C)[C@@H](C6=CC(=O)OC6)CC[C@]5(O)[C@@H]4CC[C@@H]3C2)O1. The third-order valence-corrected chi connectivity index (χ3v) is 11.8. The van der Waals surface area contributed by atoms with Gasteiger partial charge in [0.15, 0.2) is 6.29 Å². The molecule has 0 spiro atoms. The zero-order valence-electron chi connectivity index (χ0n) is 22.0. The molecule has 0 aromatic carbocycles. The van der Waals surface area contributed by atoms with Gasteiger partial charge in [-0.2, -0.15) is 0 Å². The number of carbonyl (C=O) groups excluding carboxylic acids is 1. The average Bonchev–Trinajstić information content (AvgIpc) is 3.35. The molecular weight excluding hydrogens is 460 g/mol. The number of carbonyl (C=O) groups is 1. The first-order valence-corrected chi connectivity index (χ1v) is 14.3. The number of ether oxygens (including phenoxy) is 3. The fourth-order valence-electron chi connectivity index (χ4n) is 9.85. The Bertz CT molecular complexity index is 909. The number of hydrogen-bond acceptors (Lipinski definition) is 7. The molecule has 0 aromatic heterocycles. The average molecular weight is 505 g/mol. The summed E-state index contributed by atoms with van der Waals surface area (Å²) in [5.74, 6) is 0.595. The van der Waals surface area contributed by atoms with E-state index in [2.05, 4.69) is 13.8 Å². The number of fused-ring (bicyclic) bond motifs is 5. The van der Waals surface area contributed by atoms with Crippen molar-refractivity contribution >= 4 is 5.97 Å². The van der Waals surface area contributed by atoms with Crippen molar-refractivity contribution in [2.75, 3.05) is 6.61 Å². The van der Waals surface area contributed by atoms with Crippen molar-refractivity contribution in [3.63, 3.8) is 0 Å². The Labute approximate surface area is 214 Å². The van der Waals surface area contributed by atoms with E-state index < -0.39 is 17.1 Å². The van der Waals surface area contributed by atoms with Crippen molar-refractivity contribution in [1.29, 1.82) is 0 Å². The van der Waals surface area contributed by atoms with Crippen molar-refractivity contribution in [2.45, 2.75) is 121 Å². The summed E-state index contributed by atoms with van der Waals surface area (Å²) in [6.07, 6.45) is 8.78. The van der Waals surface area contributed by atoms with Crippen LogP contribution in [0.5, 0.6) is 0 Å². The van der Waals surface area contributed by atoms with Crippen LogP contribution in [-0.4, -0.2) is 64.2 Å². The van der Waals surface area contributed by atoms with Crippen LogP contribution in [0.3, 0.4) is 0 Å². The van der Waals surface area contributed by atoms with E-state index in [1.54, 1.807) is 6.08 Å². The lowest BCUT2D eigenvalue weighted by atomic mass is 9.42. The third-order valence-electron chi connectivity index (χ3n) is 11.8. The van der Waals surface area contributed by atoms with Crippen molar-refractivity contribution in [3.8, 4) is 0 Å². The minimum absolute atomic E-state index is 0.0155. The van der Waals surface area contributed by atoms with Gasteiger partial charge in [-0.15, -0.1) is 0 Å². The highest BCUT2D eigenvalue weighted by atomic mass is 16.7. The van der Waals surface area contributed by atoms with Gasteiger partial charge in [0.05, 0.1) is 30.0 Å². The van der Waals surface area contributed by atoms with Gasteiger partial charge < -0.3 is 29.5 Å². The highest BCUT2D eigenvalue weighted by molar-refractivity contribution is 5.85. The van der Waals surface area contributed by atoms with Gasteiger partial charge >= 0.3 is 5.97 Å². The standard InChI is InChI=1S/C29H44O7/c1-16-10-19(30)13-26(35-16)36-20-6-8-27(2)18(12-20)4-5-22-23(27)14-24(31)28(3)21(7-9-29(22,28)33)17-11-25(32)34-15-17/h11,16,18-24,26,30-31,33H,4-10,12-15H2,1-3H3/t16-,18-,19-,20+,21-,22-,23?,24-,26?,27+,28+,29+/m1/s1. The molecule has 0 radical (unpaired) electrons. The van der Waals surface area contributed by atoms with E-state index in [9.17, 15) is 20.1 Å². The molecule has 3 N–H and O–H groups in total. The van der Waals surface area contributed by atoms with Gasteiger partial charge in [0.1, 0.15) is 6.61 Å². The minimum Gasteiger partial charge on any atom is -0.458 e. The molecule has 4 saturated carbocycles. The second kappa shape index (κ2) is 8.77. The summed E-state index contributed by atoms with van der Waals surface area (Å²) in [4.78, 5) is 11.8. The number of esters is 1. The molecule has 202 valence electrons. The lowest BCUT2D eigenvalue weighted by Crippen LogP contribution is -2.67. The largest absolute Gasteiger partial charge is 0.458 e. The summed E-state index contributed by atoms with van der Waals surface area (Å²) in [7, 11) is 0. The van der Waals surface area contributed by atoms with E-state index in [1.807, 2.05) is 6.92 Å². The monoisotopic (exact) mass is 504 g/mol. The number of aliphatic hydroxyl groups is 3. The summed E-state index contributed by atoms with van der Waals surface area (Å²) >= 11 is 0. The lowest BCUT2D eigenvalue weighted by molar-refractivity contribution is -0.260. The van der Waals surface area contributed by atoms with Gasteiger partial charge in [0.2, 0.25) is 0 Å². The van der Waals surface area contributed by atoms with Crippen LogP contribution in [-0.2, 0) is 19.0 Å². The fraction of sp³-hybridized carbons (Fsp3) is 0.897. The van der Waals surface area contributed by atoms with Crippen molar-refractivity contribution < 1.29 is 34.3 Å². The maximum atomic E-state index is 12.4. The van der Waals surface area contributed by atoms with E-state index in [0.29, 0.717) is 31.6 Å². The minimum atomic E-state index is -0.935. The van der Waals surface area contributed by atoms with Gasteiger partial charge in [0, 0.05) is 17.9 Å². The highest BCUT2D eigenvalue weighted by Crippen LogP contribution is 2.70. The van der Waals surface area contributed by atoms with Gasteiger partial charge in [0.25, 0.3) is 0 Å². The first-order valence-electron chi connectivity index (χ1n) is 14.3. The van der Waals surface area contributed by atoms with Crippen LogP contribution in [0, 0.1) is 34.5 Å². The number of rotatable bonds is 3. The second-order valence-electron chi connectivity index (χ2n) is 13.4. The molecule has 2 aliphatic heterocycles. The Hall–Kier alpha value is -0.990.